The molecule has 0 bridgehead atoms. The number of aromatic nitrogens is 3. The maximum Gasteiger partial charge on any atom is 0.248 e. The molecule has 5 aromatic rings. The van der Waals surface area contributed by atoms with E-state index in [0.717, 1.165) is 38.4 Å². The number of nitrogens with zero attached hydrogens (tertiary/aromatic N) is 4. The van der Waals surface area contributed by atoms with Crippen molar-refractivity contribution in [2.75, 3.05) is 11.9 Å². The number of amides is 1. The summed E-state index contributed by atoms with van der Waals surface area (Å²) in [7, 11) is 2.01. The third-order valence-electron chi connectivity index (χ3n) is 5.41. The van der Waals surface area contributed by atoms with Crippen LogP contribution in [0, 0.1) is 0 Å². The molecule has 5 rings (SSSR count). The zero-order chi connectivity index (χ0) is 22.8. The van der Waals surface area contributed by atoms with Gasteiger partial charge in [0.05, 0.1) is 5.39 Å². The van der Waals surface area contributed by atoms with Crippen LogP contribution in [0.3, 0.4) is 0 Å². The molecule has 33 heavy (non-hydrogen) atoms. The van der Waals surface area contributed by atoms with Crippen LogP contribution < -0.4 is 10.6 Å². The van der Waals surface area contributed by atoms with Crippen LogP contribution in [-0.2, 0) is 6.54 Å². The van der Waals surface area contributed by atoms with Crippen LogP contribution in [0.4, 0.5) is 5.82 Å². The van der Waals surface area contributed by atoms with Crippen molar-refractivity contribution in [1.29, 1.82) is 0 Å². The van der Waals surface area contributed by atoms with Crippen molar-refractivity contribution in [2.24, 2.45) is 5.73 Å². The van der Waals surface area contributed by atoms with Gasteiger partial charge in [0.1, 0.15) is 16.3 Å². The highest BCUT2D eigenvalue weighted by molar-refractivity contribution is 7.17. The Hall–Kier alpha value is -4.10. The number of anilines is 1. The number of rotatable bonds is 6. The van der Waals surface area contributed by atoms with Crippen molar-refractivity contribution in [3.05, 3.63) is 95.5 Å². The van der Waals surface area contributed by atoms with Crippen molar-refractivity contribution in [3.8, 4) is 22.6 Å². The smallest absolute Gasteiger partial charge is 0.248 e. The van der Waals surface area contributed by atoms with Crippen LogP contribution in [0.15, 0.2) is 84.4 Å². The van der Waals surface area contributed by atoms with Crippen molar-refractivity contribution in [2.45, 2.75) is 6.54 Å². The molecule has 6 nitrogen and oxygen atoms in total. The monoisotopic (exact) mass is 451 g/mol. The minimum atomic E-state index is -0.432. The SMILES string of the molecule is CN(Cc1ccc(C(N)=O)cc1)c1nc(-c2ccccn2)nc2scc(-c3ccccc3)c12. The normalized spacial score (nSPS) is 10.9. The van der Waals surface area contributed by atoms with Gasteiger partial charge < -0.3 is 10.6 Å². The number of carbonyl (C=O) groups excluding carboxylic acids is 1. The number of fused-ring (bicyclic) bond motifs is 1. The lowest BCUT2D eigenvalue weighted by atomic mass is 10.1. The molecule has 0 unspecified atom stereocenters. The van der Waals surface area contributed by atoms with Crippen LogP contribution in [0.1, 0.15) is 15.9 Å². The molecular formula is C26H21N5OS. The van der Waals surface area contributed by atoms with Crippen molar-refractivity contribution in [1.82, 2.24) is 15.0 Å². The highest BCUT2D eigenvalue weighted by atomic mass is 32.1. The number of primary amides is 1. The first-order chi connectivity index (χ1) is 16.1. The molecule has 7 heteroatoms. The first-order valence-electron chi connectivity index (χ1n) is 10.5. The van der Waals surface area contributed by atoms with E-state index < -0.39 is 5.91 Å². The van der Waals surface area contributed by atoms with E-state index in [9.17, 15) is 4.79 Å². The van der Waals surface area contributed by atoms with Gasteiger partial charge in [0.2, 0.25) is 5.91 Å². The fourth-order valence-corrected chi connectivity index (χ4v) is 4.70. The minimum absolute atomic E-state index is 0.432. The first kappa shape index (κ1) is 20.8. The third-order valence-corrected chi connectivity index (χ3v) is 6.29. The molecule has 0 saturated carbocycles. The van der Waals surface area contributed by atoms with Crippen LogP contribution in [0.25, 0.3) is 32.9 Å². The van der Waals surface area contributed by atoms with Crippen LogP contribution in [0.5, 0.6) is 0 Å². The second-order valence-corrected chi connectivity index (χ2v) is 8.56. The van der Waals surface area contributed by atoms with Crippen LogP contribution >= 0.6 is 11.3 Å². The third kappa shape index (κ3) is 4.18. The molecule has 0 atom stereocenters. The van der Waals surface area contributed by atoms with E-state index in [2.05, 4.69) is 27.4 Å². The van der Waals surface area contributed by atoms with E-state index >= 15 is 0 Å². The van der Waals surface area contributed by atoms with Crippen LogP contribution in [0.2, 0.25) is 0 Å². The van der Waals surface area contributed by atoms with E-state index in [1.165, 1.54) is 0 Å². The van der Waals surface area contributed by atoms with E-state index in [1.807, 2.05) is 55.6 Å². The molecule has 2 N–H and O–H groups in total. The second-order valence-electron chi connectivity index (χ2n) is 7.70. The zero-order valence-corrected chi connectivity index (χ0v) is 18.8. The molecule has 0 aliphatic rings. The second kappa shape index (κ2) is 8.80. The molecule has 0 saturated heterocycles. The lowest BCUT2D eigenvalue weighted by molar-refractivity contribution is 0.100. The summed E-state index contributed by atoms with van der Waals surface area (Å²) in [6.07, 6.45) is 1.75. The van der Waals surface area contributed by atoms with Gasteiger partial charge in [-0.05, 0) is 35.4 Å². The number of hydrogen-bond acceptors (Lipinski definition) is 6. The summed E-state index contributed by atoms with van der Waals surface area (Å²) in [6.45, 7) is 0.608. The predicted molar refractivity (Wildman–Crippen MR) is 133 cm³/mol. The number of pyridine rings is 1. The Balaban J connectivity index is 1.62. The van der Waals surface area contributed by atoms with Gasteiger partial charge in [-0.25, -0.2) is 9.97 Å². The molecule has 162 valence electrons. The molecule has 0 spiro atoms. The zero-order valence-electron chi connectivity index (χ0n) is 18.0. The molecular weight excluding hydrogens is 430 g/mol. The van der Waals surface area contributed by atoms with E-state index in [4.69, 9.17) is 15.7 Å². The lowest BCUT2D eigenvalue weighted by Crippen LogP contribution is -2.19. The highest BCUT2D eigenvalue weighted by Gasteiger charge is 2.19. The van der Waals surface area contributed by atoms with Gasteiger partial charge in [0.15, 0.2) is 5.82 Å². The molecule has 0 radical (unpaired) electrons. The Kier molecular flexibility index (Phi) is 5.54. The van der Waals surface area contributed by atoms with Gasteiger partial charge >= 0.3 is 0 Å². The first-order valence-corrected chi connectivity index (χ1v) is 11.3. The summed E-state index contributed by atoms with van der Waals surface area (Å²) < 4.78 is 0. The van der Waals surface area contributed by atoms with Crippen molar-refractivity contribution >= 4 is 33.3 Å². The number of benzene rings is 2. The maximum atomic E-state index is 11.4. The summed E-state index contributed by atoms with van der Waals surface area (Å²) in [5.74, 6) is 0.994. The summed E-state index contributed by atoms with van der Waals surface area (Å²) in [5, 5.41) is 3.15. The Bertz CT molecular complexity index is 1420. The van der Waals surface area contributed by atoms with Crippen molar-refractivity contribution in [3.63, 3.8) is 0 Å². The highest BCUT2D eigenvalue weighted by Crippen LogP contribution is 2.39. The molecule has 0 fully saturated rings. The maximum absolute atomic E-state index is 11.4. The summed E-state index contributed by atoms with van der Waals surface area (Å²) in [5.41, 5.74) is 9.88. The summed E-state index contributed by atoms with van der Waals surface area (Å²) >= 11 is 1.60. The standard InChI is InChI=1S/C26H21N5OS/c1-31(15-17-10-12-19(13-11-17)23(27)32)25-22-20(18-7-3-2-4-8-18)16-33-26(22)30-24(29-25)21-9-5-6-14-28-21/h2-14,16H,15H2,1H3,(H2,27,32). The quantitative estimate of drug-likeness (QED) is 0.386. The van der Waals surface area contributed by atoms with E-state index in [0.29, 0.717) is 17.9 Å². The molecule has 3 aromatic heterocycles. The fraction of sp³-hybridized carbons (Fsp3) is 0.0769. The molecule has 0 aliphatic carbocycles. The van der Waals surface area contributed by atoms with Gasteiger partial charge in [0.25, 0.3) is 0 Å². The van der Waals surface area contributed by atoms with E-state index in [1.54, 1.807) is 29.7 Å². The number of hydrogen-bond donors (Lipinski definition) is 1. The largest absolute Gasteiger partial charge is 0.366 e. The van der Waals surface area contributed by atoms with Gasteiger partial charge in [-0.1, -0.05) is 48.5 Å². The number of carbonyl (C=O) groups is 1. The fourth-order valence-electron chi connectivity index (χ4n) is 3.76. The molecule has 1 amide bonds. The summed E-state index contributed by atoms with van der Waals surface area (Å²) in [4.78, 5) is 28.7. The average Bonchev–Trinajstić information content (AvgIpc) is 3.29. The Labute approximate surface area is 195 Å². The Morgan fingerprint density at radius 3 is 2.42 bits per heavy atom. The van der Waals surface area contributed by atoms with E-state index in [-0.39, 0.29) is 0 Å². The average molecular weight is 452 g/mol. The predicted octanol–water partition coefficient (Wildman–Crippen LogP) is 5.16. The summed E-state index contributed by atoms with van der Waals surface area (Å²) in [6, 6.07) is 23.3. The number of nitrogens with two attached hydrogens (primary N) is 1. The van der Waals surface area contributed by atoms with Crippen LogP contribution in [-0.4, -0.2) is 27.9 Å². The van der Waals surface area contributed by atoms with Gasteiger partial charge in [-0.2, -0.15) is 0 Å². The Morgan fingerprint density at radius 2 is 1.73 bits per heavy atom. The van der Waals surface area contributed by atoms with Gasteiger partial charge in [-0.3, -0.25) is 9.78 Å². The topological polar surface area (TPSA) is 85.0 Å². The number of thiophene rings is 1. The molecule has 0 aliphatic heterocycles. The van der Waals surface area contributed by atoms with Gasteiger partial charge in [-0.15, -0.1) is 11.3 Å². The molecule has 3 heterocycles. The van der Waals surface area contributed by atoms with Crippen molar-refractivity contribution < 1.29 is 4.79 Å². The molecule has 2 aromatic carbocycles. The minimum Gasteiger partial charge on any atom is -0.366 e. The van der Waals surface area contributed by atoms with Gasteiger partial charge in [0, 0.05) is 36.3 Å². The lowest BCUT2D eigenvalue weighted by Gasteiger charge is -2.21. The Morgan fingerprint density at radius 1 is 0.970 bits per heavy atom.